The van der Waals surface area contributed by atoms with Gasteiger partial charge < -0.3 is 0 Å². The van der Waals surface area contributed by atoms with Gasteiger partial charge in [-0.1, -0.05) is 31.5 Å². The Morgan fingerprint density at radius 2 is 1.77 bits per heavy atom. The first kappa shape index (κ1) is 20.6. The summed E-state index contributed by atoms with van der Waals surface area (Å²) in [4.78, 5) is 17.2. The van der Waals surface area contributed by atoms with Crippen molar-refractivity contribution in [1.82, 2.24) is 4.98 Å². The SMILES string of the molecule is CCC(C)c1ccc(CC(=O)C(C)(C)S(=O)(=O)c2ccc(Cl)cc2)nc1. The van der Waals surface area contributed by atoms with Gasteiger partial charge in [-0.05, 0) is 62.1 Å². The van der Waals surface area contributed by atoms with Gasteiger partial charge in [0.25, 0.3) is 0 Å². The molecule has 2 aromatic rings. The molecule has 6 heteroatoms. The maximum Gasteiger partial charge on any atom is 0.190 e. The van der Waals surface area contributed by atoms with Crippen LogP contribution in [0.1, 0.15) is 51.3 Å². The van der Waals surface area contributed by atoms with Crippen LogP contribution in [0.15, 0.2) is 47.5 Å². The molecule has 2 rings (SSSR count). The summed E-state index contributed by atoms with van der Waals surface area (Å²) in [6, 6.07) is 9.60. The molecule has 0 fully saturated rings. The lowest BCUT2D eigenvalue weighted by atomic mass is 9.99. The van der Waals surface area contributed by atoms with Gasteiger partial charge in [0.1, 0.15) is 4.75 Å². The van der Waals surface area contributed by atoms with E-state index in [4.69, 9.17) is 11.6 Å². The monoisotopic (exact) mass is 393 g/mol. The Morgan fingerprint density at radius 3 is 2.27 bits per heavy atom. The van der Waals surface area contributed by atoms with E-state index in [9.17, 15) is 13.2 Å². The summed E-state index contributed by atoms with van der Waals surface area (Å²) in [6.45, 7) is 7.09. The molecule has 1 atom stereocenters. The van der Waals surface area contributed by atoms with E-state index in [1.807, 2.05) is 6.07 Å². The molecule has 1 aromatic carbocycles. The number of ketones is 1. The molecular weight excluding hydrogens is 370 g/mol. The average Bonchev–Trinajstić information content (AvgIpc) is 2.61. The van der Waals surface area contributed by atoms with E-state index in [1.165, 1.54) is 38.1 Å². The van der Waals surface area contributed by atoms with Crippen LogP contribution in [0.5, 0.6) is 0 Å². The van der Waals surface area contributed by atoms with Gasteiger partial charge in [0.05, 0.1) is 11.3 Å². The van der Waals surface area contributed by atoms with E-state index in [2.05, 4.69) is 18.8 Å². The molecule has 0 spiro atoms. The zero-order chi connectivity index (χ0) is 19.5. The molecule has 0 aliphatic rings. The lowest BCUT2D eigenvalue weighted by Crippen LogP contribution is -2.41. The highest BCUT2D eigenvalue weighted by molar-refractivity contribution is 7.93. The standard InChI is InChI=1S/C20H24ClNO3S/c1-5-14(2)15-6-9-17(22-13-15)12-19(23)20(3,4)26(24,25)18-10-7-16(21)8-11-18/h6-11,13-14H,5,12H2,1-4H3. The zero-order valence-electron chi connectivity index (χ0n) is 15.5. The summed E-state index contributed by atoms with van der Waals surface area (Å²) in [5.74, 6) is 0.00483. The molecule has 0 amide bonds. The molecule has 0 aliphatic carbocycles. The molecule has 1 heterocycles. The molecule has 4 nitrogen and oxygen atoms in total. The molecule has 0 bridgehead atoms. The van der Waals surface area contributed by atoms with Crippen molar-refractivity contribution >= 4 is 27.2 Å². The average molecular weight is 394 g/mol. The Labute approximate surface area is 160 Å². The Bertz CT molecular complexity index is 872. The van der Waals surface area contributed by atoms with Crippen molar-refractivity contribution in [1.29, 1.82) is 0 Å². The van der Waals surface area contributed by atoms with Crippen LogP contribution in [0.2, 0.25) is 5.02 Å². The Balaban J connectivity index is 2.23. The van der Waals surface area contributed by atoms with Crippen LogP contribution in [0.4, 0.5) is 0 Å². The summed E-state index contributed by atoms with van der Waals surface area (Å²) >= 11 is 5.82. The second-order valence-corrected chi connectivity index (χ2v) is 9.90. The Morgan fingerprint density at radius 1 is 1.15 bits per heavy atom. The first-order valence-electron chi connectivity index (χ1n) is 8.58. The second kappa shape index (κ2) is 7.89. The fraction of sp³-hybridized carbons (Fsp3) is 0.400. The first-order chi connectivity index (χ1) is 12.1. The lowest BCUT2D eigenvalue weighted by Gasteiger charge is -2.23. The van der Waals surface area contributed by atoms with Gasteiger partial charge in [0.15, 0.2) is 15.6 Å². The van der Waals surface area contributed by atoms with Crippen molar-refractivity contribution in [2.45, 2.75) is 56.1 Å². The van der Waals surface area contributed by atoms with Gasteiger partial charge in [0, 0.05) is 16.9 Å². The summed E-state index contributed by atoms with van der Waals surface area (Å²) < 4.78 is 24.2. The number of hydrogen-bond acceptors (Lipinski definition) is 4. The predicted molar refractivity (Wildman–Crippen MR) is 104 cm³/mol. The van der Waals surface area contributed by atoms with Gasteiger partial charge in [-0.15, -0.1) is 0 Å². The first-order valence-corrected chi connectivity index (χ1v) is 10.4. The maximum absolute atomic E-state index is 12.9. The minimum atomic E-state index is -3.84. The maximum atomic E-state index is 12.9. The van der Waals surface area contributed by atoms with Gasteiger partial charge >= 0.3 is 0 Å². The van der Waals surface area contributed by atoms with Crippen molar-refractivity contribution in [3.63, 3.8) is 0 Å². The number of Topliss-reactive ketones (excluding diaryl/α,β-unsaturated/α-hetero) is 1. The second-order valence-electron chi connectivity index (χ2n) is 6.96. The van der Waals surface area contributed by atoms with E-state index in [1.54, 1.807) is 12.3 Å². The van der Waals surface area contributed by atoms with E-state index in [-0.39, 0.29) is 11.3 Å². The summed E-state index contributed by atoms with van der Waals surface area (Å²) in [5, 5.41) is 0.443. The third-order valence-corrected chi connectivity index (χ3v) is 7.55. The normalized spacial score (nSPS) is 13.4. The van der Waals surface area contributed by atoms with E-state index in [0.29, 0.717) is 16.6 Å². The lowest BCUT2D eigenvalue weighted by molar-refractivity contribution is -0.120. The smallest absolute Gasteiger partial charge is 0.190 e. The molecule has 0 radical (unpaired) electrons. The fourth-order valence-corrected chi connectivity index (χ4v) is 4.08. The number of pyridine rings is 1. The number of hydrogen-bond donors (Lipinski definition) is 0. The van der Waals surface area contributed by atoms with Crippen molar-refractivity contribution in [2.75, 3.05) is 0 Å². The molecule has 1 aromatic heterocycles. The van der Waals surface area contributed by atoms with Crippen LogP contribution in [0.25, 0.3) is 0 Å². The van der Waals surface area contributed by atoms with Crippen LogP contribution < -0.4 is 0 Å². The third kappa shape index (κ3) is 4.15. The molecule has 26 heavy (non-hydrogen) atoms. The fourth-order valence-electron chi connectivity index (χ4n) is 2.50. The minimum Gasteiger partial charge on any atom is -0.298 e. The number of nitrogens with zero attached hydrogens (tertiary/aromatic N) is 1. The van der Waals surface area contributed by atoms with Crippen LogP contribution in [-0.2, 0) is 21.1 Å². The van der Waals surface area contributed by atoms with Gasteiger partial charge in [0.2, 0.25) is 0 Å². The molecular formula is C20H24ClNO3S. The zero-order valence-corrected chi connectivity index (χ0v) is 17.1. The molecule has 140 valence electrons. The highest BCUT2D eigenvalue weighted by atomic mass is 35.5. The molecule has 0 saturated carbocycles. The van der Waals surface area contributed by atoms with Crippen molar-refractivity contribution in [3.8, 4) is 0 Å². The number of carbonyl (C=O) groups is 1. The summed E-state index contributed by atoms with van der Waals surface area (Å²) in [6.07, 6.45) is 2.74. The van der Waals surface area contributed by atoms with Gasteiger partial charge in [-0.2, -0.15) is 0 Å². The summed E-state index contributed by atoms with van der Waals surface area (Å²) in [5.41, 5.74) is 1.68. The van der Waals surface area contributed by atoms with E-state index < -0.39 is 20.4 Å². The van der Waals surface area contributed by atoms with Crippen molar-refractivity contribution in [2.24, 2.45) is 0 Å². The number of halogens is 1. The van der Waals surface area contributed by atoms with E-state index in [0.717, 1.165) is 12.0 Å². The Hall–Kier alpha value is -1.72. The topological polar surface area (TPSA) is 64.1 Å². The quantitative estimate of drug-likeness (QED) is 0.688. The minimum absolute atomic E-state index is 0.0272. The van der Waals surface area contributed by atoms with Crippen molar-refractivity contribution in [3.05, 3.63) is 58.9 Å². The Kier molecular flexibility index (Phi) is 6.25. The largest absolute Gasteiger partial charge is 0.298 e. The van der Waals surface area contributed by atoms with Crippen LogP contribution >= 0.6 is 11.6 Å². The molecule has 0 N–H and O–H groups in total. The number of rotatable bonds is 7. The number of sulfone groups is 1. The molecule has 1 unspecified atom stereocenters. The van der Waals surface area contributed by atoms with Gasteiger partial charge in [-0.25, -0.2) is 8.42 Å². The van der Waals surface area contributed by atoms with Crippen LogP contribution in [-0.4, -0.2) is 23.9 Å². The number of benzene rings is 1. The third-order valence-electron chi connectivity index (χ3n) is 4.84. The number of carbonyl (C=O) groups excluding carboxylic acids is 1. The molecule has 0 saturated heterocycles. The van der Waals surface area contributed by atoms with Gasteiger partial charge in [-0.3, -0.25) is 9.78 Å². The highest BCUT2D eigenvalue weighted by Crippen LogP contribution is 2.28. The molecule has 0 aliphatic heterocycles. The summed E-state index contributed by atoms with van der Waals surface area (Å²) in [7, 11) is -3.84. The van der Waals surface area contributed by atoms with Crippen LogP contribution in [0, 0.1) is 0 Å². The number of aromatic nitrogens is 1. The highest BCUT2D eigenvalue weighted by Gasteiger charge is 2.42. The van der Waals surface area contributed by atoms with E-state index >= 15 is 0 Å². The van der Waals surface area contributed by atoms with Crippen LogP contribution in [0.3, 0.4) is 0 Å². The van der Waals surface area contributed by atoms with Crippen molar-refractivity contribution < 1.29 is 13.2 Å². The predicted octanol–water partition coefficient (Wildman–Crippen LogP) is 4.61.